The van der Waals surface area contributed by atoms with Crippen LogP contribution in [-0.4, -0.2) is 43.2 Å². The van der Waals surface area contributed by atoms with E-state index in [9.17, 15) is 9.18 Å². The standard InChI is InChI=1S/C19H23FN2O2S/c1-14(21-18(23)13-15-4-6-16(20)7-5-15)19(17-3-2-12-25-17)22-8-10-24-11-9-22/h2-7,12,14,19H,8-11,13H2,1H3,(H,21,23)/t14-,19+/m1/s1. The van der Waals surface area contributed by atoms with Gasteiger partial charge in [-0.3, -0.25) is 9.69 Å². The molecular formula is C19H23FN2O2S. The van der Waals surface area contributed by atoms with E-state index < -0.39 is 0 Å². The number of carbonyl (C=O) groups is 1. The van der Waals surface area contributed by atoms with Gasteiger partial charge in [0.2, 0.25) is 5.91 Å². The first-order chi connectivity index (χ1) is 12.1. The molecule has 25 heavy (non-hydrogen) atoms. The molecule has 0 bridgehead atoms. The summed E-state index contributed by atoms with van der Waals surface area (Å²) in [6, 6.07) is 10.3. The number of rotatable bonds is 6. The summed E-state index contributed by atoms with van der Waals surface area (Å²) in [7, 11) is 0. The van der Waals surface area contributed by atoms with Crippen LogP contribution in [0, 0.1) is 5.82 Å². The SMILES string of the molecule is C[C@@H](NC(=O)Cc1ccc(F)cc1)[C@@H](c1cccs1)N1CCOCC1. The van der Waals surface area contributed by atoms with Crippen molar-refractivity contribution in [3.05, 3.63) is 58.0 Å². The lowest BCUT2D eigenvalue weighted by Gasteiger charge is -2.37. The molecule has 0 spiro atoms. The van der Waals surface area contributed by atoms with Gasteiger partial charge < -0.3 is 10.1 Å². The molecule has 134 valence electrons. The van der Waals surface area contributed by atoms with Crippen molar-refractivity contribution >= 4 is 17.2 Å². The van der Waals surface area contributed by atoms with Crippen LogP contribution in [-0.2, 0) is 16.0 Å². The van der Waals surface area contributed by atoms with Gasteiger partial charge in [0.05, 0.1) is 25.7 Å². The van der Waals surface area contributed by atoms with E-state index in [1.165, 1.54) is 17.0 Å². The minimum absolute atomic E-state index is 0.0234. The van der Waals surface area contributed by atoms with E-state index in [0.29, 0.717) is 0 Å². The minimum atomic E-state index is -0.289. The second-order valence-corrected chi connectivity index (χ2v) is 7.25. The minimum Gasteiger partial charge on any atom is -0.379 e. The fourth-order valence-electron chi connectivity index (χ4n) is 3.23. The molecule has 0 saturated carbocycles. The lowest BCUT2D eigenvalue weighted by Crippen LogP contribution is -2.48. The maximum atomic E-state index is 13.0. The second kappa shape index (κ2) is 8.56. The van der Waals surface area contributed by atoms with Gasteiger partial charge in [0.25, 0.3) is 0 Å². The van der Waals surface area contributed by atoms with E-state index >= 15 is 0 Å². The molecule has 1 aromatic heterocycles. The van der Waals surface area contributed by atoms with E-state index in [-0.39, 0.29) is 30.2 Å². The predicted molar refractivity (Wildman–Crippen MR) is 97.2 cm³/mol. The first kappa shape index (κ1) is 18.0. The highest BCUT2D eigenvalue weighted by atomic mass is 32.1. The third kappa shape index (κ3) is 4.87. The molecule has 6 heteroatoms. The maximum absolute atomic E-state index is 13.0. The van der Waals surface area contributed by atoms with Gasteiger partial charge in [-0.15, -0.1) is 11.3 Å². The van der Waals surface area contributed by atoms with Crippen molar-refractivity contribution in [3.8, 4) is 0 Å². The van der Waals surface area contributed by atoms with Crippen LogP contribution in [0.25, 0.3) is 0 Å². The summed E-state index contributed by atoms with van der Waals surface area (Å²) in [5.74, 6) is -0.337. The zero-order valence-corrected chi connectivity index (χ0v) is 15.1. The number of carbonyl (C=O) groups excluding carboxylic acids is 1. The average Bonchev–Trinajstić information content (AvgIpc) is 3.12. The number of amides is 1. The van der Waals surface area contributed by atoms with Gasteiger partial charge in [0.1, 0.15) is 5.82 Å². The fourth-order valence-corrected chi connectivity index (χ4v) is 4.19. The van der Waals surface area contributed by atoms with Crippen LogP contribution in [0.5, 0.6) is 0 Å². The first-order valence-electron chi connectivity index (χ1n) is 8.52. The van der Waals surface area contributed by atoms with E-state index in [1.54, 1.807) is 23.5 Å². The van der Waals surface area contributed by atoms with Crippen molar-refractivity contribution in [1.82, 2.24) is 10.2 Å². The molecule has 0 unspecified atom stereocenters. The molecule has 1 fully saturated rings. The number of halogens is 1. The van der Waals surface area contributed by atoms with Gasteiger partial charge in [-0.25, -0.2) is 4.39 Å². The fraction of sp³-hybridized carbons (Fsp3) is 0.421. The Kier molecular flexibility index (Phi) is 6.18. The summed E-state index contributed by atoms with van der Waals surface area (Å²) in [5, 5.41) is 5.19. The highest BCUT2D eigenvalue weighted by Crippen LogP contribution is 2.29. The zero-order chi connectivity index (χ0) is 17.6. The van der Waals surface area contributed by atoms with E-state index in [0.717, 1.165) is 31.9 Å². The molecule has 0 aliphatic carbocycles. The molecule has 2 heterocycles. The van der Waals surface area contributed by atoms with Crippen LogP contribution < -0.4 is 5.32 Å². The van der Waals surface area contributed by atoms with E-state index in [4.69, 9.17) is 4.74 Å². The zero-order valence-electron chi connectivity index (χ0n) is 14.3. The largest absolute Gasteiger partial charge is 0.379 e. The average molecular weight is 362 g/mol. The number of thiophene rings is 1. The topological polar surface area (TPSA) is 41.6 Å². The highest BCUT2D eigenvalue weighted by Gasteiger charge is 2.29. The van der Waals surface area contributed by atoms with Gasteiger partial charge in [-0.1, -0.05) is 18.2 Å². The Morgan fingerprint density at radius 1 is 1.28 bits per heavy atom. The van der Waals surface area contributed by atoms with Crippen molar-refractivity contribution in [1.29, 1.82) is 0 Å². The normalized spacial score (nSPS) is 17.8. The Labute approximate surface area is 151 Å². The van der Waals surface area contributed by atoms with Crippen molar-refractivity contribution in [2.24, 2.45) is 0 Å². The molecule has 3 rings (SSSR count). The second-order valence-electron chi connectivity index (χ2n) is 6.27. The summed E-state index contributed by atoms with van der Waals surface area (Å²) < 4.78 is 18.4. The van der Waals surface area contributed by atoms with Gasteiger partial charge in [-0.2, -0.15) is 0 Å². The summed E-state index contributed by atoms with van der Waals surface area (Å²) in [4.78, 5) is 16.0. The smallest absolute Gasteiger partial charge is 0.224 e. The van der Waals surface area contributed by atoms with Crippen molar-refractivity contribution in [2.75, 3.05) is 26.3 Å². The first-order valence-corrected chi connectivity index (χ1v) is 9.40. The number of ether oxygens (including phenoxy) is 1. The van der Waals surface area contributed by atoms with Gasteiger partial charge in [-0.05, 0) is 36.1 Å². The molecular weight excluding hydrogens is 339 g/mol. The molecule has 1 aliphatic rings. The summed E-state index contributed by atoms with van der Waals surface area (Å²) in [6.45, 7) is 5.21. The molecule has 0 radical (unpaired) electrons. The monoisotopic (exact) mass is 362 g/mol. The van der Waals surface area contributed by atoms with Gasteiger partial charge in [0, 0.05) is 24.0 Å². The van der Waals surface area contributed by atoms with Crippen LogP contribution in [0.15, 0.2) is 41.8 Å². The van der Waals surface area contributed by atoms with Crippen LogP contribution in [0.2, 0.25) is 0 Å². The Morgan fingerprint density at radius 3 is 2.64 bits per heavy atom. The summed E-state index contributed by atoms with van der Waals surface area (Å²) in [5.41, 5.74) is 0.810. The van der Waals surface area contributed by atoms with Gasteiger partial charge in [0.15, 0.2) is 0 Å². The molecule has 2 aromatic rings. The molecule has 2 atom stereocenters. The Hall–Kier alpha value is -1.76. The molecule has 1 N–H and O–H groups in total. The molecule has 1 aromatic carbocycles. The number of morpholine rings is 1. The Morgan fingerprint density at radius 2 is 2.00 bits per heavy atom. The number of benzene rings is 1. The number of hydrogen-bond acceptors (Lipinski definition) is 4. The Bertz CT molecular complexity index is 669. The third-order valence-corrected chi connectivity index (χ3v) is 5.36. The van der Waals surface area contributed by atoms with Crippen LogP contribution in [0.3, 0.4) is 0 Å². The van der Waals surface area contributed by atoms with Crippen molar-refractivity contribution < 1.29 is 13.9 Å². The number of hydrogen-bond donors (Lipinski definition) is 1. The quantitative estimate of drug-likeness (QED) is 0.859. The predicted octanol–water partition coefficient (Wildman–Crippen LogP) is 3.01. The van der Waals surface area contributed by atoms with Crippen LogP contribution >= 0.6 is 11.3 Å². The molecule has 1 saturated heterocycles. The molecule has 1 aliphatic heterocycles. The Balaban J connectivity index is 1.66. The number of nitrogens with one attached hydrogen (secondary N) is 1. The summed E-state index contributed by atoms with van der Waals surface area (Å²) >= 11 is 1.71. The summed E-state index contributed by atoms with van der Waals surface area (Å²) in [6.07, 6.45) is 0.255. The highest BCUT2D eigenvalue weighted by molar-refractivity contribution is 7.10. The van der Waals surface area contributed by atoms with E-state index in [2.05, 4.69) is 21.7 Å². The molecule has 4 nitrogen and oxygen atoms in total. The van der Waals surface area contributed by atoms with Crippen LogP contribution in [0.1, 0.15) is 23.4 Å². The maximum Gasteiger partial charge on any atom is 0.224 e. The van der Waals surface area contributed by atoms with Crippen molar-refractivity contribution in [3.63, 3.8) is 0 Å². The van der Waals surface area contributed by atoms with Crippen LogP contribution in [0.4, 0.5) is 4.39 Å². The molecule has 1 amide bonds. The lowest BCUT2D eigenvalue weighted by molar-refractivity contribution is -0.121. The lowest BCUT2D eigenvalue weighted by atomic mass is 10.0. The van der Waals surface area contributed by atoms with E-state index in [1.807, 2.05) is 13.0 Å². The van der Waals surface area contributed by atoms with Crippen molar-refractivity contribution in [2.45, 2.75) is 25.4 Å². The number of nitrogens with zero attached hydrogens (tertiary/aromatic N) is 1. The van der Waals surface area contributed by atoms with Gasteiger partial charge >= 0.3 is 0 Å². The third-order valence-electron chi connectivity index (χ3n) is 4.41.